The second-order valence-corrected chi connectivity index (χ2v) is 4.42. The van der Waals surface area contributed by atoms with Crippen molar-refractivity contribution in [3.63, 3.8) is 0 Å². The number of rotatable bonds is 10. The van der Waals surface area contributed by atoms with Gasteiger partial charge in [-0.2, -0.15) is 0 Å². The van der Waals surface area contributed by atoms with Gasteiger partial charge in [-0.25, -0.2) is 9.59 Å². The van der Waals surface area contributed by atoms with Crippen LogP contribution in [0.3, 0.4) is 0 Å². The van der Waals surface area contributed by atoms with Crippen molar-refractivity contribution in [2.45, 2.75) is 32.7 Å². The maximum atomic E-state index is 11.7. The number of ether oxygens (including phenoxy) is 1. The van der Waals surface area contributed by atoms with Crippen LogP contribution in [0, 0.1) is 0 Å². The number of hydrogen-bond acceptors (Lipinski definition) is 4. The number of amides is 3. The Morgan fingerprint density at radius 1 is 1.24 bits per heavy atom. The van der Waals surface area contributed by atoms with E-state index in [-0.39, 0.29) is 18.9 Å². The molecule has 21 heavy (non-hydrogen) atoms. The molecule has 0 aliphatic rings. The summed E-state index contributed by atoms with van der Waals surface area (Å²) in [6.07, 6.45) is 0.784. The van der Waals surface area contributed by atoms with Crippen molar-refractivity contribution in [1.82, 2.24) is 15.5 Å². The SMILES string of the molecule is CCN(CC)C(=O)CNC(=O)NC(CCCOC)C(=O)O. The highest BCUT2D eigenvalue weighted by atomic mass is 16.5. The Balaban J connectivity index is 4.19. The summed E-state index contributed by atoms with van der Waals surface area (Å²) < 4.78 is 4.84. The van der Waals surface area contributed by atoms with Gasteiger partial charge in [-0.1, -0.05) is 0 Å². The number of urea groups is 1. The van der Waals surface area contributed by atoms with E-state index in [1.54, 1.807) is 4.90 Å². The van der Waals surface area contributed by atoms with Gasteiger partial charge in [-0.3, -0.25) is 4.79 Å². The summed E-state index contributed by atoms with van der Waals surface area (Å²) in [6, 6.07) is -1.66. The molecule has 1 unspecified atom stereocenters. The van der Waals surface area contributed by atoms with Crippen molar-refractivity contribution < 1.29 is 24.2 Å². The zero-order chi connectivity index (χ0) is 16.3. The van der Waals surface area contributed by atoms with E-state index in [0.29, 0.717) is 26.1 Å². The Bertz CT molecular complexity index is 345. The molecule has 8 nitrogen and oxygen atoms in total. The van der Waals surface area contributed by atoms with E-state index >= 15 is 0 Å². The third-order valence-electron chi connectivity index (χ3n) is 2.96. The van der Waals surface area contributed by atoms with Crippen LogP contribution in [0.15, 0.2) is 0 Å². The van der Waals surface area contributed by atoms with Gasteiger partial charge >= 0.3 is 12.0 Å². The topological polar surface area (TPSA) is 108 Å². The standard InChI is InChI=1S/C13H25N3O5/c1-4-16(5-2)11(17)9-14-13(20)15-10(12(18)19)7-6-8-21-3/h10H,4-9H2,1-3H3,(H,18,19)(H2,14,15,20). The predicted molar refractivity (Wildman–Crippen MR) is 77.0 cm³/mol. The number of carbonyl (C=O) groups is 3. The summed E-state index contributed by atoms with van der Waals surface area (Å²) in [5.74, 6) is -1.32. The Morgan fingerprint density at radius 3 is 2.33 bits per heavy atom. The Labute approximate surface area is 124 Å². The molecule has 0 aliphatic heterocycles. The molecule has 3 N–H and O–H groups in total. The first-order valence-electron chi connectivity index (χ1n) is 7.00. The highest BCUT2D eigenvalue weighted by molar-refractivity contribution is 5.86. The van der Waals surface area contributed by atoms with Gasteiger partial charge in [-0.15, -0.1) is 0 Å². The van der Waals surface area contributed by atoms with E-state index in [1.807, 2.05) is 13.8 Å². The predicted octanol–water partition coefficient (Wildman–Crippen LogP) is 0.0338. The lowest BCUT2D eigenvalue weighted by Gasteiger charge is -2.19. The first-order chi connectivity index (χ1) is 9.96. The molecule has 0 rings (SSSR count). The Hall–Kier alpha value is -1.83. The van der Waals surface area contributed by atoms with Crippen molar-refractivity contribution in [2.75, 3.05) is 33.4 Å². The molecule has 3 amide bonds. The Morgan fingerprint density at radius 2 is 1.86 bits per heavy atom. The zero-order valence-electron chi connectivity index (χ0n) is 12.8. The van der Waals surface area contributed by atoms with Crippen LogP contribution in [0.1, 0.15) is 26.7 Å². The molecule has 8 heteroatoms. The number of likely N-dealkylation sites (N-methyl/N-ethyl adjacent to an activating group) is 1. The van der Waals surface area contributed by atoms with Crippen LogP contribution < -0.4 is 10.6 Å². The van der Waals surface area contributed by atoms with Gasteiger partial charge in [0.1, 0.15) is 6.04 Å². The highest BCUT2D eigenvalue weighted by Crippen LogP contribution is 1.98. The molecule has 0 fully saturated rings. The normalized spacial score (nSPS) is 11.6. The van der Waals surface area contributed by atoms with Gasteiger partial charge in [-0.05, 0) is 26.7 Å². The minimum absolute atomic E-state index is 0.155. The lowest BCUT2D eigenvalue weighted by Crippen LogP contribution is -2.49. The minimum atomic E-state index is -1.11. The molecular weight excluding hydrogens is 278 g/mol. The number of carboxylic acid groups (broad SMARTS) is 1. The molecule has 0 heterocycles. The summed E-state index contributed by atoms with van der Waals surface area (Å²) in [6.45, 7) is 5.09. The van der Waals surface area contributed by atoms with E-state index in [1.165, 1.54) is 7.11 Å². The molecule has 1 atom stereocenters. The summed E-state index contributed by atoms with van der Waals surface area (Å²) in [5, 5.41) is 13.7. The van der Waals surface area contributed by atoms with E-state index < -0.39 is 18.0 Å². The molecule has 0 radical (unpaired) electrons. The third kappa shape index (κ3) is 8.13. The molecule has 0 spiro atoms. The molecule has 0 aromatic rings. The fourth-order valence-corrected chi connectivity index (χ4v) is 1.74. The molecular formula is C13H25N3O5. The zero-order valence-corrected chi connectivity index (χ0v) is 12.8. The molecule has 0 bridgehead atoms. The van der Waals surface area contributed by atoms with E-state index in [0.717, 1.165) is 0 Å². The summed E-state index contributed by atoms with van der Waals surface area (Å²) in [7, 11) is 1.52. The van der Waals surface area contributed by atoms with Crippen LogP contribution in [0.4, 0.5) is 4.79 Å². The number of hydrogen-bond donors (Lipinski definition) is 3. The first-order valence-corrected chi connectivity index (χ1v) is 7.00. The van der Waals surface area contributed by atoms with E-state index in [4.69, 9.17) is 9.84 Å². The largest absolute Gasteiger partial charge is 0.480 e. The van der Waals surface area contributed by atoms with Crippen molar-refractivity contribution in [3.8, 4) is 0 Å². The summed E-state index contributed by atoms with van der Waals surface area (Å²) in [4.78, 5) is 35.9. The maximum absolute atomic E-state index is 11.7. The number of carbonyl (C=O) groups excluding carboxylic acids is 2. The monoisotopic (exact) mass is 303 g/mol. The molecule has 0 aromatic heterocycles. The average Bonchev–Trinajstić information content (AvgIpc) is 2.45. The van der Waals surface area contributed by atoms with Gasteiger partial charge in [0, 0.05) is 26.8 Å². The smallest absolute Gasteiger partial charge is 0.326 e. The summed E-state index contributed by atoms with van der Waals surface area (Å²) >= 11 is 0. The minimum Gasteiger partial charge on any atom is -0.480 e. The van der Waals surface area contributed by atoms with Crippen molar-refractivity contribution in [1.29, 1.82) is 0 Å². The molecule has 0 saturated carbocycles. The van der Waals surface area contributed by atoms with Crippen LogP contribution in [0.2, 0.25) is 0 Å². The number of methoxy groups -OCH3 is 1. The van der Waals surface area contributed by atoms with Gasteiger partial charge in [0.15, 0.2) is 0 Å². The lowest BCUT2D eigenvalue weighted by atomic mass is 10.1. The van der Waals surface area contributed by atoms with Gasteiger partial charge < -0.3 is 25.4 Å². The fourth-order valence-electron chi connectivity index (χ4n) is 1.74. The second kappa shape index (κ2) is 10.9. The van der Waals surface area contributed by atoms with Crippen molar-refractivity contribution in [2.24, 2.45) is 0 Å². The second-order valence-electron chi connectivity index (χ2n) is 4.42. The van der Waals surface area contributed by atoms with Crippen LogP contribution in [0.25, 0.3) is 0 Å². The number of nitrogens with zero attached hydrogens (tertiary/aromatic N) is 1. The fraction of sp³-hybridized carbons (Fsp3) is 0.769. The van der Waals surface area contributed by atoms with Crippen molar-refractivity contribution >= 4 is 17.9 Å². The lowest BCUT2D eigenvalue weighted by molar-refractivity contribution is -0.139. The van der Waals surface area contributed by atoms with E-state index in [2.05, 4.69) is 10.6 Å². The van der Waals surface area contributed by atoms with Gasteiger partial charge in [0.2, 0.25) is 5.91 Å². The quantitative estimate of drug-likeness (QED) is 0.494. The van der Waals surface area contributed by atoms with Crippen LogP contribution in [0.5, 0.6) is 0 Å². The van der Waals surface area contributed by atoms with Gasteiger partial charge in [0.05, 0.1) is 6.54 Å². The number of nitrogens with one attached hydrogen (secondary N) is 2. The average molecular weight is 303 g/mol. The molecule has 0 aliphatic carbocycles. The molecule has 0 saturated heterocycles. The third-order valence-corrected chi connectivity index (χ3v) is 2.96. The number of carboxylic acids is 1. The molecule has 122 valence electrons. The maximum Gasteiger partial charge on any atom is 0.326 e. The number of aliphatic carboxylic acids is 1. The summed E-state index contributed by atoms with van der Waals surface area (Å²) in [5.41, 5.74) is 0. The Kier molecular flexibility index (Phi) is 9.95. The molecule has 0 aromatic carbocycles. The van der Waals surface area contributed by atoms with E-state index in [9.17, 15) is 14.4 Å². The van der Waals surface area contributed by atoms with Crippen LogP contribution >= 0.6 is 0 Å². The van der Waals surface area contributed by atoms with Gasteiger partial charge in [0.25, 0.3) is 0 Å². The van der Waals surface area contributed by atoms with Crippen LogP contribution in [-0.2, 0) is 14.3 Å². The van der Waals surface area contributed by atoms with Crippen molar-refractivity contribution in [3.05, 3.63) is 0 Å². The van der Waals surface area contributed by atoms with Crippen LogP contribution in [-0.4, -0.2) is 67.3 Å². The highest BCUT2D eigenvalue weighted by Gasteiger charge is 2.20. The first kappa shape index (κ1) is 19.2.